The number of fused-ring (bicyclic) bond motifs is 1. The smallest absolute Gasteiger partial charge is 0.293 e. The van der Waals surface area contributed by atoms with Crippen LogP contribution in [0.25, 0.3) is 16.6 Å². The quantitative estimate of drug-likeness (QED) is 0.490. The summed E-state index contributed by atoms with van der Waals surface area (Å²) in [7, 11) is 0. The number of anilines is 1. The van der Waals surface area contributed by atoms with Gasteiger partial charge in [-0.05, 0) is 56.4 Å². The van der Waals surface area contributed by atoms with Crippen LogP contribution in [0.2, 0.25) is 0 Å². The zero-order chi connectivity index (χ0) is 23.9. The zero-order valence-corrected chi connectivity index (χ0v) is 19.9. The normalized spacial score (nSPS) is 11.4. The Morgan fingerprint density at radius 2 is 1.70 bits per heavy atom. The molecule has 0 spiro atoms. The minimum atomic E-state index is -0.345. The van der Waals surface area contributed by atoms with Crippen molar-refractivity contribution < 1.29 is 4.79 Å². The molecular formula is C26H29N5O2. The van der Waals surface area contributed by atoms with E-state index in [1.165, 1.54) is 4.68 Å². The highest BCUT2D eigenvalue weighted by molar-refractivity contribution is 5.92. The van der Waals surface area contributed by atoms with E-state index < -0.39 is 0 Å². The molecule has 33 heavy (non-hydrogen) atoms. The topological polar surface area (TPSA) is 81.8 Å². The number of carbonyl (C=O) groups excluding carboxylic acids is 1. The van der Waals surface area contributed by atoms with Gasteiger partial charge in [-0.1, -0.05) is 49.7 Å². The van der Waals surface area contributed by atoms with E-state index in [1.807, 2.05) is 77.9 Å². The Bertz CT molecular complexity index is 1410. The molecule has 7 heteroatoms. The van der Waals surface area contributed by atoms with E-state index in [0.717, 1.165) is 39.3 Å². The fourth-order valence-electron chi connectivity index (χ4n) is 4.30. The van der Waals surface area contributed by atoms with Gasteiger partial charge in [-0.2, -0.15) is 10.2 Å². The summed E-state index contributed by atoms with van der Waals surface area (Å²) in [4.78, 5) is 26.5. The van der Waals surface area contributed by atoms with E-state index in [1.54, 1.807) is 10.9 Å². The predicted octanol–water partition coefficient (Wildman–Crippen LogP) is 4.58. The number of benzene rings is 2. The van der Waals surface area contributed by atoms with Crippen LogP contribution in [0.3, 0.4) is 0 Å². The third-order valence-electron chi connectivity index (χ3n) is 5.84. The highest BCUT2D eigenvalue weighted by Gasteiger charge is 2.21. The maximum atomic E-state index is 13.5. The molecular weight excluding hydrogens is 414 g/mol. The van der Waals surface area contributed by atoms with Crippen LogP contribution in [0, 0.1) is 27.7 Å². The number of para-hydroxylation sites is 1. The molecule has 1 amide bonds. The predicted molar refractivity (Wildman–Crippen MR) is 131 cm³/mol. The lowest BCUT2D eigenvalue weighted by Crippen LogP contribution is -2.32. The number of aryl methyl sites for hydroxylation is 4. The molecule has 2 heterocycles. The molecule has 0 radical (unpaired) electrons. The summed E-state index contributed by atoms with van der Waals surface area (Å²) in [5.41, 5.74) is 6.52. The van der Waals surface area contributed by atoms with Crippen LogP contribution in [0.4, 0.5) is 5.69 Å². The van der Waals surface area contributed by atoms with Gasteiger partial charge in [0, 0.05) is 11.1 Å². The first kappa shape index (κ1) is 22.5. The maximum Gasteiger partial charge on any atom is 0.293 e. The lowest BCUT2D eigenvalue weighted by atomic mass is 10.1. The van der Waals surface area contributed by atoms with Gasteiger partial charge in [0.05, 0.1) is 17.6 Å². The molecule has 170 valence electrons. The number of hydrogen-bond donors (Lipinski definition) is 1. The second-order valence-electron chi connectivity index (χ2n) is 8.93. The second-order valence-corrected chi connectivity index (χ2v) is 8.93. The van der Waals surface area contributed by atoms with Gasteiger partial charge in [0.15, 0.2) is 0 Å². The van der Waals surface area contributed by atoms with Crippen LogP contribution in [-0.4, -0.2) is 25.5 Å². The van der Waals surface area contributed by atoms with Crippen molar-refractivity contribution in [1.82, 2.24) is 19.6 Å². The van der Waals surface area contributed by atoms with E-state index in [2.05, 4.69) is 15.5 Å². The monoisotopic (exact) mass is 443 g/mol. The summed E-state index contributed by atoms with van der Waals surface area (Å²) in [5.74, 6) is -0.241. The molecule has 0 saturated carbocycles. The summed E-state index contributed by atoms with van der Waals surface area (Å²) in [6, 6.07) is 11.8. The average molecular weight is 444 g/mol. The number of nitrogens with one attached hydrogen (secondary N) is 1. The van der Waals surface area contributed by atoms with E-state index in [0.29, 0.717) is 10.9 Å². The molecule has 2 aromatic carbocycles. The highest BCUT2D eigenvalue weighted by Crippen LogP contribution is 2.25. The van der Waals surface area contributed by atoms with Gasteiger partial charge in [-0.3, -0.25) is 9.59 Å². The van der Waals surface area contributed by atoms with Crippen molar-refractivity contribution in [3.05, 3.63) is 80.9 Å². The van der Waals surface area contributed by atoms with Crippen molar-refractivity contribution >= 4 is 22.5 Å². The first-order valence-electron chi connectivity index (χ1n) is 11.1. The Hall–Kier alpha value is -3.74. The Balaban J connectivity index is 1.79. The summed E-state index contributed by atoms with van der Waals surface area (Å²) in [5, 5.41) is 12.7. The van der Waals surface area contributed by atoms with E-state index >= 15 is 0 Å². The molecule has 1 N–H and O–H groups in total. The Kier molecular flexibility index (Phi) is 5.89. The van der Waals surface area contributed by atoms with Crippen LogP contribution in [0.5, 0.6) is 0 Å². The molecule has 7 nitrogen and oxygen atoms in total. The second kappa shape index (κ2) is 8.65. The van der Waals surface area contributed by atoms with E-state index in [-0.39, 0.29) is 23.9 Å². The third-order valence-corrected chi connectivity index (χ3v) is 5.84. The number of aromatic nitrogens is 4. The fraction of sp³-hybridized carbons (Fsp3) is 0.308. The number of nitrogens with zero attached hydrogens (tertiary/aromatic N) is 4. The van der Waals surface area contributed by atoms with Gasteiger partial charge in [-0.25, -0.2) is 9.36 Å². The Morgan fingerprint density at radius 1 is 1.03 bits per heavy atom. The molecule has 0 unspecified atom stereocenters. The van der Waals surface area contributed by atoms with Crippen LogP contribution in [-0.2, 0) is 11.3 Å². The van der Waals surface area contributed by atoms with Crippen LogP contribution in [0.15, 0.2) is 47.4 Å². The Labute approximate surface area is 193 Å². The average Bonchev–Trinajstić information content (AvgIpc) is 3.18. The lowest BCUT2D eigenvalue weighted by molar-refractivity contribution is -0.117. The van der Waals surface area contributed by atoms with Crippen molar-refractivity contribution in [1.29, 1.82) is 0 Å². The van der Waals surface area contributed by atoms with E-state index in [4.69, 9.17) is 0 Å². The molecule has 2 aromatic heterocycles. The zero-order valence-electron chi connectivity index (χ0n) is 19.9. The number of carbonyl (C=O) groups is 1. The maximum absolute atomic E-state index is 13.5. The van der Waals surface area contributed by atoms with Gasteiger partial charge >= 0.3 is 0 Å². The molecule has 0 atom stereocenters. The number of rotatable bonds is 5. The molecule has 0 aliphatic carbocycles. The number of hydrogen-bond acceptors (Lipinski definition) is 4. The first-order chi connectivity index (χ1) is 15.7. The van der Waals surface area contributed by atoms with Crippen molar-refractivity contribution in [3.8, 4) is 5.69 Å². The van der Waals surface area contributed by atoms with Gasteiger partial charge in [0.25, 0.3) is 5.56 Å². The molecule has 0 fully saturated rings. The van der Waals surface area contributed by atoms with Gasteiger partial charge in [0.1, 0.15) is 12.1 Å². The largest absolute Gasteiger partial charge is 0.324 e. The molecule has 0 bridgehead atoms. The van der Waals surface area contributed by atoms with Crippen molar-refractivity contribution in [3.63, 3.8) is 0 Å². The van der Waals surface area contributed by atoms with Crippen molar-refractivity contribution in [2.24, 2.45) is 0 Å². The van der Waals surface area contributed by atoms with Crippen molar-refractivity contribution in [2.75, 3.05) is 5.32 Å². The minimum Gasteiger partial charge on any atom is -0.324 e. The lowest BCUT2D eigenvalue weighted by Gasteiger charge is -2.15. The number of amides is 1. The summed E-state index contributed by atoms with van der Waals surface area (Å²) in [6.45, 7) is 11.8. The van der Waals surface area contributed by atoms with Gasteiger partial charge in [-0.15, -0.1) is 0 Å². The van der Waals surface area contributed by atoms with Crippen LogP contribution in [0.1, 0.15) is 47.7 Å². The standard InChI is InChI=1S/C26H29N5O2/c1-15(2)23-20-13-27-31(21-10-8-7-9-17(21)4)25(20)26(33)30(29-23)14-22(32)28-24-18(5)11-16(3)12-19(24)6/h7-13,15H,14H2,1-6H3,(H,28,32). The molecule has 0 aliphatic rings. The first-order valence-corrected chi connectivity index (χ1v) is 11.1. The summed E-state index contributed by atoms with van der Waals surface area (Å²) in [6.07, 6.45) is 1.69. The summed E-state index contributed by atoms with van der Waals surface area (Å²) < 4.78 is 2.91. The third kappa shape index (κ3) is 4.18. The fourth-order valence-corrected chi connectivity index (χ4v) is 4.30. The SMILES string of the molecule is Cc1cc(C)c(NC(=O)Cn2nc(C(C)C)c3cnn(-c4ccccc4C)c3c2=O)c(C)c1. The Morgan fingerprint density at radius 3 is 2.33 bits per heavy atom. The molecule has 4 rings (SSSR count). The van der Waals surface area contributed by atoms with Gasteiger partial charge in [0.2, 0.25) is 5.91 Å². The van der Waals surface area contributed by atoms with Crippen molar-refractivity contribution in [2.45, 2.75) is 54.0 Å². The summed E-state index contributed by atoms with van der Waals surface area (Å²) >= 11 is 0. The molecule has 4 aromatic rings. The van der Waals surface area contributed by atoms with Crippen LogP contribution < -0.4 is 10.9 Å². The minimum absolute atomic E-state index is 0.0542. The molecule has 0 aliphatic heterocycles. The van der Waals surface area contributed by atoms with E-state index in [9.17, 15) is 9.59 Å². The molecule has 0 saturated heterocycles. The highest BCUT2D eigenvalue weighted by atomic mass is 16.2. The van der Waals surface area contributed by atoms with Gasteiger partial charge < -0.3 is 5.32 Å². The van der Waals surface area contributed by atoms with Crippen LogP contribution >= 0.6 is 0 Å².